The Kier molecular flexibility index (Phi) is 7.28. The molecule has 1 unspecified atom stereocenters. The third-order valence-electron chi connectivity index (χ3n) is 6.87. The summed E-state index contributed by atoms with van der Waals surface area (Å²) in [7, 11) is 0. The fraction of sp³-hybridized carbons (Fsp3) is 0.462. The van der Waals surface area contributed by atoms with E-state index in [1.54, 1.807) is 6.07 Å². The average Bonchev–Trinajstić information content (AvgIpc) is 3.44. The lowest BCUT2D eigenvalue weighted by Gasteiger charge is -2.29. The van der Waals surface area contributed by atoms with Gasteiger partial charge in [0.05, 0.1) is 12.3 Å². The number of nitrogens with zero attached hydrogens (tertiary/aromatic N) is 4. The summed E-state index contributed by atoms with van der Waals surface area (Å²) in [6.07, 6.45) is 7.52. The van der Waals surface area contributed by atoms with E-state index < -0.39 is 12.1 Å². The van der Waals surface area contributed by atoms with Crippen LogP contribution in [0, 0.1) is 11.3 Å². The van der Waals surface area contributed by atoms with E-state index in [1.165, 1.54) is 11.1 Å². The number of ether oxygens (including phenoxy) is 2. The minimum Gasteiger partial charge on any atom is -0.489 e. The lowest BCUT2D eigenvalue weighted by molar-refractivity contribution is -0.130. The van der Waals surface area contributed by atoms with Crippen molar-refractivity contribution in [3.8, 4) is 11.8 Å². The predicted molar refractivity (Wildman–Crippen MR) is 132 cm³/mol. The molecule has 5 rings (SSSR count). The second-order valence-electron chi connectivity index (χ2n) is 9.39. The molecule has 0 spiro atoms. The first kappa shape index (κ1) is 24.6. The summed E-state index contributed by atoms with van der Waals surface area (Å²) in [5, 5.41) is 15.0. The van der Waals surface area contributed by atoms with Crippen LogP contribution in [0.15, 0.2) is 18.3 Å². The summed E-state index contributed by atoms with van der Waals surface area (Å²) in [5.74, 6) is 0.852. The minimum absolute atomic E-state index is 0.0719. The summed E-state index contributed by atoms with van der Waals surface area (Å²) < 4.78 is 11.3. The highest BCUT2D eigenvalue weighted by molar-refractivity contribution is 6.01. The molecule has 0 aromatic carbocycles. The molecule has 2 aliphatic heterocycles. The van der Waals surface area contributed by atoms with Crippen molar-refractivity contribution in [1.82, 2.24) is 15.3 Å². The van der Waals surface area contributed by atoms with Crippen LogP contribution < -0.4 is 20.3 Å². The zero-order chi connectivity index (χ0) is 25.8. The van der Waals surface area contributed by atoms with Crippen LogP contribution in [0.4, 0.5) is 16.4 Å². The number of hydrogen-bond acceptors (Lipinski definition) is 8. The summed E-state index contributed by atoms with van der Waals surface area (Å²) in [6, 6.07) is 5.01. The molecule has 192 valence electrons. The van der Waals surface area contributed by atoms with E-state index >= 15 is 0 Å². The Morgan fingerprint density at radius 2 is 2.11 bits per heavy atom. The van der Waals surface area contributed by atoms with Gasteiger partial charge in [0.2, 0.25) is 5.91 Å². The molecular weight excluding hydrogens is 476 g/mol. The quantitative estimate of drug-likeness (QED) is 0.547. The second-order valence-corrected chi connectivity index (χ2v) is 9.39. The molecule has 2 aromatic heterocycles. The highest BCUT2D eigenvalue weighted by Gasteiger charge is 2.28. The van der Waals surface area contributed by atoms with Crippen LogP contribution in [0.3, 0.4) is 0 Å². The molecule has 0 bridgehead atoms. The first-order chi connectivity index (χ1) is 18.1. The Bertz CT molecular complexity index is 1250. The molecule has 2 aromatic rings. The number of pyridine rings is 2. The Balaban J connectivity index is 1.31. The summed E-state index contributed by atoms with van der Waals surface area (Å²) in [4.78, 5) is 47.5. The van der Waals surface area contributed by atoms with E-state index in [2.05, 4.69) is 26.7 Å². The number of nitriles is 1. The average molecular weight is 505 g/mol. The van der Waals surface area contributed by atoms with Gasteiger partial charge in [-0.2, -0.15) is 5.26 Å². The highest BCUT2D eigenvalue weighted by atomic mass is 16.5. The van der Waals surface area contributed by atoms with Crippen LogP contribution in [0.5, 0.6) is 5.75 Å². The molecule has 11 nitrogen and oxygen atoms in total. The molecule has 4 heterocycles. The van der Waals surface area contributed by atoms with Crippen molar-refractivity contribution in [3.63, 3.8) is 0 Å². The number of amides is 3. The largest absolute Gasteiger partial charge is 0.489 e. The third kappa shape index (κ3) is 5.39. The molecule has 1 saturated heterocycles. The normalized spacial score (nSPS) is 18.8. The van der Waals surface area contributed by atoms with Gasteiger partial charge in [0.1, 0.15) is 40.8 Å². The van der Waals surface area contributed by atoms with Gasteiger partial charge < -0.3 is 14.8 Å². The number of carbonyl (C=O) groups excluding carboxylic acids is 3. The molecule has 3 aliphatic rings. The van der Waals surface area contributed by atoms with Crippen molar-refractivity contribution in [2.75, 3.05) is 23.4 Å². The second kappa shape index (κ2) is 10.9. The minimum atomic E-state index is -0.458. The molecule has 37 heavy (non-hydrogen) atoms. The first-order valence-electron chi connectivity index (χ1n) is 12.6. The van der Waals surface area contributed by atoms with Gasteiger partial charge in [0.25, 0.3) is 0 Å². The van der Waals surface area contributed by atoms with Gasteiger partial charge in [0, 0.05) is 31.3 Å². The van der Waals surface area contributed by atoms with Crippen LogP contribution in [-0.2, 0) is 22.5 Å². The van der Waals surface area contributed by atoms with Crippen LogP contribution in [0.1, 0.15) is 65.7 Å². The maximum atomic E-state index is 13.2. The number of rotatable bonds is 7. The number of fused-ring (bicyclic) bond motifs is 1. The zero-order valence-corrected chi connectivity index (χ0v) is 20.4. The number of urea groups is 1. The van der Waals surface area contributed by atoms with E-state index in [1.807, 2.05) is 6.07 Å². The van der Waals surface area contributed by atoms with Gasteiger partial charge in [0.15, 0.2) is 6.29 Å². The van der Waals surface area contributed by atoms with Gasteiger partial charge in [-0.15, -0.1) is 0 Å². The van der Waals surface area contributed by atoms with Crippen molar-refractivity contribution in [1.29, 1.82) is 5.26 Å². The van der Waals surface area contributed by atoms with Gasteiger partial charge >= 0.3 is 6.03 Å². The summed E-state index contributed by atoms with van der Waals surface area (Å²) in [5.41, 5.74) is 1.88. The molecule has 3 amide bonds. The standard InChI is InChI=1S/C26H28N6O5/c27-12-18-14-28-23(11-22(18)37-19-5-1-6-19)31-26(35)32-8-2-4-16-10-17(20(15-33)30-24(16)32)13-29-25(34)21-7-3-9-36-21/h10-11,14-15,19,21H,1-9,13H2,(H,29,34)(H,28,31,35). The van der Waals surface area contributed by atoms with E-state index in [0.717, 1.165) is 31.2 Å². The van der Waals surface area contributed by atoms with Crippen molar-refractivity contribution >= 4 is 29.9 Å². The van der Waals surface area contributed by atoms with E-state index in [9.17, 15) is 19.6 Å². The number of nitrogens with one attached hydrogen (secondary N) is 2. The Morgan fingerprint density at radius 1 is 1.24 bits per heavy atom. The zero-order valence-electron chi connectivity index (χ0n) is 20.4. The Hall–Kier alpha value is -4.04. The fourth-order valence-corrected chi connectivity index (χ4v) is 4.61. The first-order valence-corrected chi connectivity index (χ1v) is 12.6. The van der Waals surface area contributed by atoms with Crippen molar-refractivity contribution < 1.29 is 23.9 Å². The van der Waals surface area contributed by atoms with Crippen LogP contribution in [0.25, 0.3) is 0 Å². The maximum Gasteiger partial charge on any atom is 0.328 e. The molecular formula is C26H28N6O5. The highest BCUT2D eigenvalue weighted by Crippen LogP contribution is 2.30. The Labute approximate surface area is 214 Å². The SMILES string of the molecule is N#Cc1cnc(NC(=O)N2CCCc3cc(CNC(=O)C4CCCO4)c(C=O)nc32)cc1OC1CCC1. The van der Waals surface area contributed by atoms with Gasteiger partial charge in [-0.25, -0.2) is 14.8 Å². The summed E-state index contributed by atoms with van der Waals surface area (Å²) >= 11 is 0. The number of aryl methyl sites for hydroxylation is 1. The molecule has 0 radical (unpaired) electrons. The smallest absolute Gasteiger partial charge is 0.328 e. The number of aromatic nitrogens is 2. The van der Waals surface area contributed by atoms with E-state index in [-0.39, 0.29) is 30.1 Å². The van der Waals surface area contributed by atoms with Crippen LogP contribution in [0.2, 0.25) is 0 Å². The third-order valence-corrected chi connectivity index (χ3v) is 6.87. The maximum absolute atomic E-state index is 13.2. The molecule has 11 heteroatoms. The number of aldehydes is 1. The fourth-order valence-electron chi connectivity index (χ4n) is 4.61. The number of anilines is 2. The topological polar surface area (TPSA) is 147 Å². The van der Waals surface area contributed by atoms with Gasteiger partial charge in [-0.3, -0.25) is 19.8 Å². The molecule has 1 atom stereocenters. The number of hydrogen-bond donors (Lipinski definition) is 2. The van der Waals surface area contributed by atoms with Crippen LogP contribution in [-0.4, -0.2) is 53.6 Å². The van der Waals surface area contributed by atoms with Crippen LogP contribution >= 0.6 is 0 Å². The molecule has 2 N–H and O–H groups in total. The van der Waals surface area contributed by atoms with Gasteiger partial charge in [-0.05, 0) is 56.6 Å². The van der Waals surface area contributed by atoms with E-state index in [0.29, 0.717) is 61.4 Å². The molecule has 1 aliphatic carbocycles. The van der Waals surface area contributed by atoms with E-state index in [4.69, 9.17) is 9.47 Å². The summed E-state index contributed by atoms with van der Waals surface area (Å²) in [6.45, 7) is 1.14. The number of carbonyl (C=O) groups is 3. The lowest BCUT2D eigenvalue weighted by Crippen LogP contribution is -2.40. The molecule has 2 fully saturated rings. The van der Waals surface area contributed by atoms with Crippen molar-refractivity contribution in [2.24, 2.45) is 0 Å². The lowest BCUT2D eigenvalue weighted by atomic mass is 9.96. The van der Waals surface area contributed by atoms with Crippen molar-refractivity contribution in [2.45, 2.75) is 63.7 Å². The Morgan fingerprint density at radius 3 is 2.81 bits per heavy atom. The monoisotopic (exact) mass is 504 g/mol. The predicted octanol–water partition coefficient (Wildman–Crippen LogP) is 2.87. The van der Waals surface area contributed by atoms with Gasteiger partial charge in [-0.1, -0.05) is 0 Å². The van der Waals surface area contributed by atoms with Crippen molar-refractivity contribution in [3.05, 3.63) is 40.7 Å². The molecule has 1 saturated carbocycles.